The number of rotatable bonds is 7. The van der Waals surface area contributed by atoms with Gasteiger partial charge in [-0.25, -0.2) is 4.79 Å². The normalized spacial score (nSPS) is 12.2. The van der Waals surface area contributed by atoms with Crippen LogP contribution in [0.5, 0.6) is 11.5 Å². The predicted octanol–water partition coefficient (Wildman–Crippen LogP) is 4.53. The molecule has 0 bridgehead atoms. The number of hydrogen-bond acceptors (Lipinski definition) is 5. The van der Waals surface area contributed by atoms with E-state index in [1.54, 1.807) is 32.4 Å². The van der Waals surface area contributed by atoms with Crippen molar-refractivity contribution in [2.45, 2.75) is 26.6 Å². The lowest BCUT2D eigenvalue weighted by molar-refractivity contribution is 0.0535. The molecular formula is C26H25NO5. The van der Waals surface area contributed by atoms with E-state index in [1.165, 1.54) is 0 Å². The number of carbonyl (C=O) groups is 2. The molecule has 0 atom stereocenters. The van der Waals surface area contributed by atoms with Crippen LogP contribution in [0.15, 0.2) is 54.6 Å². The van der Waals surface area contributed by atoms with E-state index in [2.05, 4.69) is 12.2 Å². The molecule has 0 radical (unpaired) electrons. The highest BCUT2D eigenvalue weighted by Crippen LogP contribution is 2.42. The average molecular weight is 431 g/mol. The van der Waals surface area contributed by atoms with E-state index >= 15 is 0 Å². The van der Waals surface area contributed by atoms with Crippen LogP contribution in [0, 0.1) is 0 Å². The molecule has 32 heavy (non-hydrogen) atoms. The van der Waals surface area contributed by atoms with Gasteiger partial charge in [-0.15, -0.1) is 0 Å². The van der Waals surface area contributed by atoms with Crippen molar-refractivity contribution in [1.82, 2.24) is 5.32 Å². The van der Waals surface area contributed by atoms with E-state index < -0.39 is 0 Å². The van der Waals surface area contributed by atoms with Gasteiger partial charge in [-0.1, -0.05) is 37.3 Å². The zero-order chi connectivity index (χ0) is 22.7. The monoisotopic (exact) mass is 431 g/mol. The number of ether oxygens (including phenoxy) is 3. The zero-order valence-electron chi connectivity index (χ0n) is 18.4. The van der Waals surface area contributed by atoms with Crippen LogP contribution >= 0.6 is 0 Å². The first-order valence-corrected chi connectivity index (χ1v) is 10.5. The maximum atomic E-state index is 11.8. The number of aryl methyl sites for hydroxylation is 1. The van der Waals surface area contributed by atoms with Crippen molar-refractivity contribution in [3.63, 3.8) is 0 Å². The van der Waals surface area contributed by atoms with Crippen molar-refractivity contribution in [3.8, 4) is 22.6 Å². The van der Waals surface area contributed by atoms with Crippen molar-refractivity contribution in [2.24, 2.45) is 0 Å². The quantitative estimate of drug-likeness (QED) is 0.556. The molecule has 6 heteroatoms. The molecule has 0 saturated carbocycles. The summed E-state index contributed by atoms with van der Waals surface area (Å²) in [6.07, 6.45) is 0.799. The maximum absolute atomic E-state index is 11.8. The molecule has 0 aliphatic carbocycles. The second-order valence-electron chi connectivity index (χ2n) is 7.50. The van der Waals surface area contributed by atoms with Gasteiger partial charge in [0, 0.05) is 23.7 Å². The summed E-state index contributed by atoms with van der Waals surface area (Å²) < 4.78 is 17.2. The van der Waals surface area contributed by atoms with Crippen LogP contribution in [-0.2, 0) is 24.4 Å². The fraction of sp³-hybridized carbons (Fsp3) is 0.231. The Morgan fingerprint density at radius 3 is 2.47 bits per heavy atom. The van der Waals surface area contributed by atoms with Crippen LogP contribution in [-0.4, -0.2) is 26.0 Å². The molecular weight excluding hydrogens is 406 g/mol. The molecule has 3 aromatic rings. The van der Waals surface area contributed by atoms with Gasteiger partial charge in [0.25, 0.3) is 5.91 Å². The molecule has 0 aromatic heterocycles. The topological polar surface area (TPSA) is 73.9 Å². The Labute approximate surface area is 187 Å². The Morgan fingerprint density at radius 2 is 1.78 bits per heavy atom. The second kappa shape index (κ2) is 9.14. The molecule has 0 unspecified atom stereocenters. The Bertz CT molecular complexity index is 1170. The predicted molar refractivity (Wildman–Crippen MR) is 121 cm³/mol. The number of fused-ring (bicyclic) bond motifs is 1. The Kier molecular flexibility index (Phi) is 6.12. The van der Waals surface area contributed by atoms with E-state index in [0.29, 0.717) is 29.2 Å². The summed E-state index contributed by atoms with van der Waals surface area (Å²) in [5.41, 5.74) is 5.83. The van der Waals surface area contributed by atoms with Crippen LogP contribution in [0.25, 0.3) is 11.1 Å². The molecule has 1 amide bonds. The highest BCUT2D eigenvalue weighted by atomic mass is 16.5. The molecule has 4 rings (SSSR count). The molecule has 3 aromatic carbocycles. The minimum Gasteiger partial charge on any atom is -0.493 e. The summed E-state index contributed by atoms with van der Waals surface area (Å²) in [5.74, 6) is 0.922. The van der Waals surface area contributed by atoms with Crippen molar-refractivity contribution in [2.75, 3.05) is 14.2 Å². The zero-order valence-corrected chi connectivity index (χ0v) is 18.4. The standard InChI is InChI=1S/C26H25NO5/c1-4-17-9-11-21(19-10-12-22-20(13-19)15-32-26(22)29)24(23(17)30-3)31-14-16-5-7-18(8-6-16)25(28)27-2/h5-13H,4,14-15H2,1-3H3,(H,27,28). The summed E-state index contributed by atoms with van der Waals surface area (Å²) in [6, 6.07) is 17.0. The van der Waals surface area contributed by atoms with E-state index in [4.69, 9.17) is 14.2 Å². The highest BCUT2D eigenvalue weighted by Gasteiger charge is 2.23. The second-order valence-corrected chi connectivity index (χ2v) is 7.50. The van der Waals surface area contributed by atoms with Gasteiger partial charge in [0.15, 0.2) is 11.5 Å². The first-order valence-electron chi connectivity index (χ1n) is 10.5. The first-order chi connectivity index (χ1) is 15.5. The molecule has 6 nitrogen and oxygen atoms in total. The molecule has 164 valence electrons. The van der Waals surface area contributed by atoms with Crippen molar-refractivity contribution >= 4 is 11.9 Å². The Morgan fingerprint density at radius 1 is 1.03 bits per heavy atom. The van der Waals surface area contributed by atoms with Crippen LogP contribution in [0.4, 0.5) is 0 Å². The summed E-state index contributed by atoms with van der Waals surface area (Å²) in [6.45, 7) is 2.66. The van der Waals surface area contributed by atoms with Crippen LogP contribution in [0.3, 0.4) is 0 Å². The molecule has 1 aliphatic rings. The molecule has 1 heterocycles. The summed E-state index contributed by atoms with van der Waals surface area (Å²) in [5, 5.41) is 2.62. The number of cyclic esters (lactones) is 1. The molecule has 0 saturated heterocycles. The number of esters is 1. The van der Waals surface area contributed by atoms with E-state index in [1.807, 2.05) is 36.4 Å². The molecule has 0 fully saturated rings. The number of amides is 1. The van der Waals surface area contributed by atoms with Gasteiger partial charge in [0.1, 0.15) is 13.2 Å². The lowest BCUT2D eigenvalue weighted by Crippen LogP contribution is -2.17. The molecule has 0 spiro atoms. The lowest BCUT2D eigenvalue weighted by Gasteiger charge is -2.18. The minimum absolute atomic E-state index is 0.129. The van der Waals surface area contributed by atoms with Gasteiger partial charge in [-0.05, 0) is 47.4 Å². The van der Waals surface area contributed by atoms with Crippen molar-refractivity contribution in [3.05, 3.63) is 82.4 Å². The first kappa shape index (κ1) is 21.4. The third-order valence-electron chi connectivity index (χ3n) is 5.60. The highest BCUT2D eigenvalue weighted by molar-refractivity contribution is 5.94. The number of nitrogens with one attached hydrogen (secondary N) is 1. The van der Waals surface area contributed by atoms with Crippen LogP contribution < -0.4 is 14.8 Å². The minimum atomic E-state index is -0.290. The third kappa shape index (κ3) is 4.04. The molecule has 1 aliphatic heterocycles. The van der Waals surface area contributed by atoms with Gasteiger partial charge in [-0.3, -0.25) is 4.79 Å². The summed E-state index contributed by atoms with van der Waals surface area (Å²) >= 11 is 0. The van der Waals surface area contributed by atoms with E-state index in [0.717, 1.165) is 34.2 Å². The SMILES string of the molecule is CCc1ccc(-c2ccc3c(c2)COC3=O)c(OCc2ccc(C(=O)NC)cc2)c1OC. The molecule has 1 N–H and O–H groups in total. The van der Waals surface area contributed by atoms with Gasteiger partial charge >= 0.3 is 5.97 Å². The smallest absolute Gasteiger partial charge is 0.338 e. The Balaban J connectivity index is 1.68. The average Bonchev–Trinajstić information content (AvgIpc) is 3.21. The van der Waals surface area contributed by atoms with Crippen molar-refractivity contribution < 1.29 is 23.8 Å². The van der Waals surface area contributed by atoms with Gasteiger partial charge < -0.3 is 19.5 Å². The van der Waals surface area contributed by atoms with Gasteiger partial charge in [-0.2, -0.15) is 0 Å². The fourth-order valence-electron chi connectivity index (χ4n) is 3.83. The van der Waals surface area contributed by atoms with E-state index in [9.17, 15) is 9.59 Å². The number of methoxy groups -OCH3 is 1. The largest absolute Gasteiger partial charge is 0.493 e. The fourth-order valence-corrected chi connectivity index (χ4v) is 3.83. The number of hydrogen-bond donors (Lipinski definition) is 1. The van der Waals surface area contributed by atoms with Gasteiger partial charge in [0.2, 0.25) is 0 Å². The van der Waals surface area contributed by atoms with Crippen LogP contribution in [0.1, 0.15) is 44.3 Å². The maximum Gasteiger partial charge on any atom is 0.338 e. The summed E-state index contributed by atoms with van der Waals surface area (Å²) in [4.78, 5) is 23.6. The third-order valence-corrected chi connectivity index (χ3v) is 5.60. The number of benzene rings is 3. The van der Waals surface area contributed by atoms with Gasteiger partial charge in [0.05, 0.1) is 12.7 Å². The Hall–Kier alpha value is -3.80. The van der Waals surface area contributed by atoms with E-state index in [-0.39, 0.29) is 18.5 Å². The number of carbonyl (C=O) groups excluding carboxylic acids is 2. The summed E-state index contributed by atoms with van der Waals surface area (Å²) in [7, 11) is 3.24. The van der Waals surface area contributed by atoms with Crippen LogP contribution in [0.2, 0.25) is 0 Å². The lowest BCUT2D eigenvalue weighted by atomic mass is 9.97. The van der Waals surface area contributed by atoms with Crippen molar-refractivity contribution in [1.29, 1.82) is 0 Å².